The standard InChI is InChI=1S/C15H25NO2/c1-10-5-11-7-15(9-16,12(11)6-10)8-13(17)18-14(2,3)4/h6,11-12H,5,7-9,16H2,1-4H3/t11-,12-,15+/m0/s1. The summed E-state index contributed by atoms with van der Waals surface area (Å²) in [4.78, 5) is 12.0. The zero-order chi connectivity index (χ0) is 13.6. The van der Waals surface area contributed by atoms with Crippen molar-refractivity contribution in [3.63, 3.8) is 0 Å². The van der Waals surface area contributed by atoms with Crippen LogP contribution >= 0.6 is 0 Å². The van der Waals surface area contributed by atoms with E-state index in [1.807, 2.05) is 20.8 Å². The van der Waals surface area contributed by atoms with E-state index in [0.717, 1.165) is 12.3 Å². The summed E-state index contributed by atoms with van der Waals surface area (Å²) in [6.07, 6.45) is 5.04. The molecule has 2 N–H and O–H groups in total. The molecular formula is C15H25NO2. The lowest BCUT2D eigenvalue weighted by Gasteiger charge is -2.51. The van der Waals surface area contributed by atoms with E-state index in [2.05, 4.69) is 13.0 Å². The van der Waals surface area contributed by atoms with Gasteiger partial charge >= 0.3 is 5.97 Å². The molecule has 2 aliphatic carbocycles. The minimum absolute atomic E-state index is 0.0369. The summed E-state index contributed by atoms with van der Waals surface area (Å²) < 4.78 is 5.43. The van der Waals surface area contributed by atoms with E-state index >= 15 is 0 Å². The molecule has 0 spiro atoms. The Hall–Kier alpha value is -0.830. The average Bonchev–Trinajstić information content (AvgIpc) is 2.50. The first-order valence-electron chi connectivity index (χ1n) is 6.85. The molecule has 18 heavy (non-hydrogen) atoms. The SMILES string of the molecule is CC1=C[C@H]2[C@@H](C1)C[C@]2(CN)CC(=O)OC(C)(C)C. The smallest absolute Gasteiger partial charge is 0.306 e. The van der Waals surface area contributed by atoms with E-state index in [4.69, 9.17) is 10.5 Å². The highest BCUT2D eigenvalue weighted by Crippen LogP contribution is 2.59. The quantitative estimate of drug-likeness (QED) is 0.619. The van der Waals surface area contributed by atoms with Gasteiger partial charge in [0.2, 0.25) is 0 Å². The molecule has 102 valence electrons. The van der Waals surface area contributed by atoms with Crippen LogP contribution in [0, 0.1) is 17.3 Å². The Morgan fingerprint density at radius 2 is 2.22 bits per heavy atom. The van der Waals surface area contributed by atoms with Gasteiger partial charge in [0.05, 0.1) is 6.42 Å². The maximum Gasteiger partial charge on any atom is 0.306 e. The second-order valence-corrected chi connectivity index (χ2v) is 7.04. The lowest BCUT2D eigenvalue weighted by molar-refractivity contribution is -0.162. The molecule has 2 aliphatic rings. The van der Waals surface area contributed by atoms with E-state index < -0.39 is 5.60 Å². The van der Waals surface area contributed by atoms with Crippen LogP contribution in [0.2, 0.25) is 0 Å². The molecular weight excluding hydrogens is 226 g/mol. The maximum absolute atomic E-state index is 12.0. The van der Waals surface area contributed by atoms with Gasteiger partial charge in [-0.3, -0.25) is 4.79 Å². The molecule has 3 atom stereocenters. The van der Waals surface area contributed by atoms with Crippen molar-refractivity contribution in [1.29, 1.82) is 0 Å². The fourth-order valence-corrected chi connectivity index (χ4v) is 3.57. The molecule has 0 unspecified atom stereocenters. The highest BCUT2D eigenvalue weighted by molar-refractivity contribution is 5.71. The van der Waals surface area contributed by atoms with Crippen molar-refractivity contribution in [3.05, 3.63) is 11.6 Å². The number of carbonyl (C=O) groups is 1. The Balaban J connectivity index is 2.01. The van der Waals surface area contributed by atoms with Crippen molar-refractivity contribution in [3.8, 4) is 0 Å². The summed E-state index contributed by atoms with van der Waals surface area (Å²) in [7, 11) is 0. The first-order chi connectivity index (χ1) is 8.26. The molecule has 1 saturated carbocycles. The van der Waals surface area contributed by atoms with E-state index in [-0.39, 0.29) is 11.4 Å². The van der Waals surface area contributed by atoms with Gasteiger partial charge in [0, 0.05) is 0 Å². The fraction of sp³-hybridized carbons (Fsp3) is 0.800. The molecule has 3 heteroatoms. The number of allylic oxidation sites excluding steroid dienone is 2. The summed E-state index contributed by atoms with van der Waals surface area (Å²) in [5, 5.41) is 0. The van der Waals surface area contributed by atoms with Crippen LogP contribution in [0.5, 0.6) is 0 Å². The largest absolute Gasteiger partial charge is 0.460 e. The van der Waals surface area contributed by atoms with Crippen LogP contribution in [-0.4, -0.2) is 18.1 Å². The number of hydrogen-bond donors (Lipinski definition) is 1. The maximum atomic E-state index is 12.0. The molecule has 0 bridgehead atoms. The first kappa shape index (κ1) is 13.6. The summed E-state index contributed by atoms with van der Waals surface area (Å²) in [6, 6.07) is 0. The number of hydrogen-bond acceptors (Lipinski definition) is 3. The van der Waals surface area contributed by atoms with Crippen LogP contribution in [0.15, 0.2) is 11.6 Å². The van der Waals surface area contributed by atoms with Crippen molar-refractivity contribution >= 4 is 5.97 Å². The van der Waals surface area contributed by atoms with Gasteiger partial charge in [-0.2, -0.15) is 0 Å². The fourth-order valence-electron chi connectivity index (χ4n) is 3.57. The molecule has 0 radical (unpaired) electrons. The van der Waals surface area contributed by atoms with Crippen molar-refractivity contribution < 1.29 is 9.53 Å². The number of nitrogens with two attached hydrogens (primary N) is 1. The Kier molecular flexibility index (Phi) is 3.30. The lowest BCUT2D eigenvalue weighted by Crippen LogP contribution is -2.51. The normalized spacial score (nSPS) is 34.6. The summed E-state index contributed by atoms with van der Waals surface area (Å²) >= 11 is 0. The number of rotatable bonds is 3. The predicted octanol–water partition coefficient (Wildman–Crippen LogP) is 2.65. The van der Waals surface area contributed by atoms with E-state index in [0.29, 0.717) is 18.9 Å². The molecule has 0 saturated heterocycles. The van der Waals surface area contributed by atoms with Crippen LogP contribution < -0.4 is 5.73 Å². The zero-order valence-corrected chi connectivity index (χ0v) is 12.0. The van der Waals surface area contributed by atoms with Gasteiger partial charge in [0.25, 0.3) is 0 Å². The van der Waals surface area contributed by atoms with Gasteiger partial charge in [-0.1, -0.05) is 11.6 Å². The number of esters is 1. The second kappa shape index (κ2) is 4.37. The summed E-state index contributed by atoms with van der Waals surface area (Å²) in [5.41, 5.74) is 6.95. The number of ether oxygens (including phenoxy) is 1. The zero-order valence-electron chi connectivity index (χ0n) is 12.0. The minimum atomic E-state index is -0.405. The Bertz CT molecular complexity index is 380. The molecule has 2 rings (SSSR count). The predicted molar refractivity (Wildman–Crippen MR) is 71.9 cm³/mol. The van der Waals surface area contributed by atoms with Crippen LogP contribution in [0.4, 0.5) is 0 Å². The Labute approximate surface area is 110 Å². The Morgan fingerprint density at radius 3 is 2.72 bits per heavy atom. The van der Waals surface area contributed by atoms with Crippen LogP contribution in [0.1, 0.15) is 47.0 Å². The van der Waals surface area contributed by atoms with Gasteiger partial charge in [0.1, 0.15) is 5.60 Å². The van der Waals surface area contributed by atoms with Crippen molar-refractivity contribution in [1.82, 2.24) is 0 Å². The third kappa shape index (κ3) is 2.46. The lowest BCUT2D eigenvalue weighted by atomic mass is 9.53. The highest BCUT2D eigenvalue weighted by Gasteiger charge is 2.54. The summed E-state index contributed by atoms with van der Waals surface area (Å²) in [5.74, 6) is 1.11. The van der Waals surface area contributed by atoms with Crippen LogP contribution in [0.3, 0.4) is 0 Å². The van der Waals surface area contributed by atoms with Gasteiger partial charge in [-0.25, -0.2) is 0 Å². The van der Waals surface area contributed by atoms with Gasteiger partial charge in [0.15, 0.2) is 0 Å². The van der Waals surface area contributed by atoms with Gasteiger partial charge in [-0.15, -0.1) is 0 Å². The van der Waals surface area contributed by atoms with Crippen molar-refractivity contribution in [2.45, 2.75) is 52.6 Å². The Morgan fingerprint density at radius 1 is 1.56 bits per heavy atom. The van der Waals surface area contributed by atoms with Crippen molar-refractivity contribution in [2.75, 3.05) is 6.54 Å². The van der Waals surface area contributed by atoms with E-state index in [1.165, 1.54) is 12.0 Å². The first-order valence-corrected chi connectivity index (χ1v) is 6.85. The topological polar surface area (TPSA) is 52.3 Å². The third-order valence-corrected chi connectivity index (χ3v) is 4.25. The molecule has 0 amide bonds. The van der Waals surface area contributed by atoms with Gasteiger partial charge in [-0.05, 0) is 64.3 Å². The third-order valence-electron chi connectivity index (χ3n) is 4.25. The minimum Gasteiger partial charge on any atom is -0.460 e. The molecule has 0 heterocycles. The van der Waals surface area contributed by atoms with E-state index in [1.54, 1.807) is 0 Å². The number of fused-ring (bicyclic) bond motifs is 1. The molecule has 1 fully saturated rings. The molecule has 0 aromatic rings. The monoisotopic (exact) mass is 251 g/mol. The van der Waals surface area contributed by atoms with Crippen LogP contribution in [-0.2, 0) is 9.53 Å². The average molecular weight is 251 g/mol. The highest BCUT2D eigenvalue weighted by atomic mass is 16.6. The molecule has 0 aromatic heterocycles. The van der Waals surface area contributed by atoms with Gasteiger partial charge < -0.3 is 10.5 Å². The van der Waals surface area contributed by atoms with Crippen molar-refractivity contribution in [2.24, 2.45) is 23.0 Å². The van der Waals surface area contributed by atoms with E-state index in [9.17, 15) is 4.79 Å². The molecule has 3 nitrogen and oxygen atoms in total. The molecule has 0 aromatic carbocycles. The molecule has 0 aliphatic heterocycles. The second-order valence-electron chi connectivity index (χ2n) is 7.04. The van der Waals surface area contributed by atoms with Crippen LogP contribution in [0.25, 0.3) is 0 Å². The summed E-state index contributed by atoms with van der Waals surface area (Å²) in [6.45, 7) is 8.47. The number of carbonyl (C=O) groups excluding carboxylic acids is 1.